The summed E-state index contributed by atoms with van der Waals surface area (Å²) in [6.45, 7) is 1.93. The van der Waals surface area contributed by atoms with E-state index < -0.39 is 11.8 Å². The van der Waals surface area contributed by atoms with Crippen molar-refractivity contribution >= 4 is 17.8 Å². The molecule has 0 aromatic heterocycles. The number of carbonyl (C=O) groups is 2. The van der Waals surface area contributed by atoms with Crippen molar-refractivity contribution in [3.63, 3.8) is 0 Å². The van der Waals surface area contributed by atoms with Crippen molar-refractivity contribution in [2.45, 2.75) is 6.92 Å². The van der Waals surface area contributed by atoms with Crippen molar-refractivity contribution in [2.75, 3.05) is 0 Å². The summed E-state index contributed by atoms with van der Waals surface area (Å²) >= 11 is 0. The van der Waals surface area contributed by atoms with Crippen LogP contribution in [0.15, 0.2) is 72.5 Å². The van der Waals surface area contributed by atoms with Gasteiger partial charge < -0.3 is 9.47 Å². The molecule has 1 heterocycles. The normalized spacial score (nSPS) is 13.9. The number of allylic oxidation sites excluding steroid dienone is 1. The van der Waals surface area contributed by atoms with Gasteiger partial charge in [-0.1, -0.05) is 29.8 Å². The lowest BCUT2D eigenvalue weighted by atomic mass is 10.1. The minimum atomic E-state index is -0.500. The maximum atomic E-state index is 13.3. The zero-order chi connectivity index (χ0) is 19.7. The van der Waals surface area contributed by atoms with Gasteiger partial charge in [0.2, 0.25) is 5.78 Å². The molecule has 3 aromatic carbocycles. The molecule has 0 spiro atoms. The summed E-state index contributed by atoms with van der Waals surface area (Å²) in [4.78, 5) is 24.7. The number of hydrogen-bond acceptors (Lipinski definition) is 4. The van der Waals surface area contributed by atoms with Gasteiger partial charge in [-0.3, -0.25) is 4.79 Å². The van der Waals surface area contributed by atoms with Crippen LogP contribution in [-0.2, 0) is 0 Å². The Balaban J connectivity index is 1.55. The quantitative estimate of drug-likeness (QED) is 0.369. The molecule has 28 heavy (non-hydrogen) atoms. The van der Waals surface area contributed by atoms with Gasteiger partial charge in [0.25, 0.3) is 0 Å². The van der Waals surface area contributed by atoms with Crippen LogP contribution in [0.3, 0.4) is 0 Å². The van der Waals surface area contributed by atoms with E-state index in [9.17, 15) is 14.0 Å². The Kier molecular flexibility index (Phi) is 4.49. The number of hydrogen-bond donors (Lipinski definition) is 0. The molecule has 5 heteroatoms. The van der Waals surface area contributed by atoms with E-state index in [1.165, 1.54) is 30.3 Å². The number of Topliss-reactive ketones (excluding diaryl/α,β-unsaturated/α-hetero) is 1. The van der Waals surface area contributed by atoms with Gasteiger partial charge in [0.15, 0.2) is 5.76 Å². The van der Waals surface area contributed by atoms with Gasteiger partial charge >= 0.3 is 5.97 Å². The van der Waals surface area contributed by atoms with Crippen molar-refractivity contribution in [3.8, 4) is 11.5 Å². The summed E-state index contributed by atoms with van der Waals surface area (Å²) in [7, 11) is 0. The average molecular weight is 374 g/mol. The van der Waals surface area contributed by atoms with E-state index in [0.29, 0.717) is 22.4 Å². The average Bonchev–Trinajstić information content (AvgIpc) is 2.97. The summed E-state index contributed by atoms with van der Waals surface area (Å²) in [5.74, 6) is -0.563. The predicted octanol–water partition coefficient (Wildman–Crippen LogP) is 4.97. The van der Waals surface area contributed by atoms with Gasteiger partial charge in [0.05, 0.1) is 11.1 Å². The molecule has 0 fully saturated rings. The SMILES string of the molecule is Cc1ccc(C(=O)Oc2ccc3c(c2)OC(=Cc2cccc(F)c2)C3=O)cc1. The first-order valence-electron chi connectivity index (χ1n) is 8.62. The molecule has 0 saturated carbocycles. The zero-order valence-electron chi connectivity index (χ0n) is 14.9. The maximum absolute atomic E-state index is 13.3. The van der Waals surface area contributed by atoms with E-state index in [1.807, 2.05) is 19.1 Å². The Morgan fingerprint density at radius 3 is 2.57 bits per heavy atom. The number of ether oxygens (including phenoxy) is 2. The van der Waals surface area contributed by atoms with E-state index in [0.717, 1.165) is 5.56 Å². The predicted molar refractivity (Wildman–Crippen MR) is 102 cm³/mol. The van der Waals surface area contributed by atoms with Gasteiger partial charge in [-0.15, -0.1) is 0 Å². The van der Waals surface area contributed by atoms with E-state index in [-0.39, 0.29) is 17.3 Å². The number of aryl methyl sites for hydroxylation is 1. The lowest BCUT2D eigenvalue weighted by molar-refractivity contribution is 0.0734. The maximum Gasteiger partial charge on any atom is 0.343 e. The molecule has 0 N–H and O–H groups in total. The van der Waals surface area contributed by atoms with Crippen LogP contribution in [0.4, 0.5) is 4.39 Å². The van der Waals surface area contributed by atoms with E-state index in [4.69, 9.17) is 9.47 Å². The molecule has 0 bridgehead atoms. The van der Waals surface area contributed by atoms with Crippen molar-refractivity contribution in [1.82, 2.24) is 0 Å². The first kappa shape index (κ1) is 17.7. The second kappa shape index (κ2) is 7.12. The zero-order valence-corrected chi connectivity index (χ0v) is 14.9. The Bertz CT molecular complexity index is 1110. The van der Waals surface area contributed by atoms with Crippen molar-refractivity contribution in [2.24, 2.45) is 0 Å². The molecule has 0 saturated heterocycles. The summed E-state index contributed by atoms with van der Waals surface area (Å²) in [6.07, 6.45) is 1.48. The lowest BCUT2D eigenvalue weighted by Gasteiger charge is -2.06. The van der Waals surface area contributed by atoms with E-state index in [2.05, 4.69) is 0 Å². The smallest absolute Gasteiger partial charge is 0.343 e. The molecule has 4 nitrogen and oxygen atoms in total. The summed E-state index contributed by atoms with van der Waals surface area (Å²) in [5, 5.41) is 0. The first-order valence-corrected chi connectivity index (χ1v) is 8.62. The highest BCUT2D eigenvalue weighted by molar-refractivity contribution is 6.14. The number of halogens is 1. The molecule has 1 aliphatic rings. The van der Waals surface area contributed by atoms with Crippen LogP contribution in [0.5, 0.6) is 11.5 Å². The molecule has 4 rings (SSSR count). The van der Waals surface area contributed by atoms with Gasteiger partial charge in [-0.05, 0) is 55.0 Å². The Hall–Kier alpha value is -3.73. The highest BCUT2D eigenvalue weighted by Crippen LogP contribution is 2.35. The van der Waals surface area contributed by atoms with Crippen LogP contribution in [0, 0.1) is 12.7 Å². The second-order valence-corrected chi connectivity index (χ2v) is 6.41. The van der Waals surface area contributed by atoms with Gasteiger partial charge in [0, 0.05) is 6.07 Å². The molecule has 0 aliphatic carbocycles. The van der Waals surface area contributed by atoms with Gasteiger partial charge in [-0.2, -0.15) is 0 Å². The fourth-order valence-corrected chi connectivity index (χ4v) is 2.83. The molecule has 0 amide bonds. The number of esters is 1. The van der Waals surface area contributed by atoms with E-state index >= 15 is 0 Å². The first-order chi connectivity index (χ1) is 13.5. The molecule has 138 valence electrons. The molecular formula is C23H15FO4. The summed E-state index contributed by atoms with van der Waals surface area (Å²) in [5.41, 5.74) is 2.34. The van der Waals surface area contributed by atoms with Crippen molar-refractivity contribution in [3.05, 3.63) is 101 Å². The molecule has 3 aromatic rings. The summed E-state index contributed by atoms with van der Waals surface area (Å²) in [6, 6.07) is 17.4. The number of carbonyl (C=O) groups excluding carboxylic acids is 2. The van der Waals surface area contributed by atoms with Crippen LogP contribution < -0.4 is 9.47 Å². The van der Waals surface area contributed by atoms with E-state index in [1.54, 1.807) is 30.3 Å². The highest BCUT2D eigenvalue weighted by atomic mass is 19.1. The van der Waals surface area contributed by atoms with Gasteiger partial charge in [-0.25, -0.2) is 9.18 Å². The number of fused-ring (bicyclic) bond motifs is 1. The lowest BCUT2D eigenvalue weighted by Crippen LogP contribution is -2.08. The minimum Gasteiger partial charge on any atom is -0.452 e. The minimum absolute atomic E-state index is 0.0858. The van der Waals surface area contributed by atoms with Crippen molar-refractivity contribution < 1.29 is 23.5 Å². The molecular weight excluding hydrogens is 359 g/mol. The number of ketones is 1. The molecule has 0 radical (unpaired) electrons. The van der Waals surface area contributed by atoms with Crippen molar-refractivity contribution in [1.29, 1.82) is 0 Å². The standard InChI is InChI=1S/C23H15FO4/c1-14-5-7-16(8-6-14)23(26)27-18-9-10-19-20(13-18)28-21(22(19)25)12-15-3-2-4-17(24)11-15/h2-13H,1H3. The monoisotopic (exact) mass is 374 g/mol. The molecule has 0 unspecified atom stereocenters. The fraction of sp³-hybridized carbons (Fsp3) is 0.0435. The molecule has 1 aliphatic heterocycles. The third-order valence-electron chi connectivity index (χ3n) is 4.29. The highest BCUT2D eigenvalue weighted by Gasteiger charge is 2.28. The third-order valence-corrected chi connectivity index (χ3v) is 4.29. The Morgan fingerprint density at radius 2 is 1.82 bits per heavy atom. The van der Waals surface area contributed by atoms with Gasteiger partial charge in [0.1, 0.15) is 17.3 Å². The fourth-order valence-electron chi connectivity index (χ4n) is 2.83. The van der Waals surface area contributed by atoms with Crippen LogP contribution >= 0.6 is 0 Å². The Labute approximate surface area is 160 Å². The topological polar surface area (TPSA) is 52.6 Å². The summed E-state index contributed by atoms with van der Waals surface area (Å²) < 4.78 is 24.3. The Morgan fingerprint density at radius 1 is 1.04 bits per heavy atom. The molecule has 0 atom stereocenters. The second-order valence-electron chi connectivity index (χ2n) is 6.41. The number of benzene rings is 3. The largest absolute Gasteiger partial charge is 0.452 e. The van der Waals surface area contributed by atoms with Crippen LogP contribution in [0.25, 0.3) is 6.08 Å². The van der Waals surface area contributed by atoms with Crippen LogP contribution in [-0.4, -0.2) is 11.8 Å². The van der Waals surface area contributed by atoms with Crippen LogP contribution in [0.2, 0.25) is 0 Å². The third kappa shape index (κ3) is 3.55. The van der Waals surface area contributed by atoms with Crippen LogP contribution in [0.1, 0.15) is 31.8 Å². The number of rotatable bonds is 3.